The Labute approximate surface area is 257 Å². The van der Waals surface area contributed by atoms with E-state index >= 15 is 0 Å². The molecule has 0 spiro atoms. The molecular formula is C40H30N4. The number of nitriles is 1. The minimum atomic E-state index is 0.402. The zero-order valence-electron chi connectivity index (χ0n) is 24.6. The molecule has 4 heteroatoms. The molecule has 0 radical (unpaired) electrons. The van der Waals surface area contributed by atoms with Crippen molar-refractivity contribution in [2.75, 3.05) is 19.0 Å². The number of aromatic nitrogens is 2. The molecule has 0 saturated heterocycles. The second kappa shape index (κ2) is 11.4. The van der Waals surface area contributed by atoms with Gasteiger partial charge in [-0.3, -0.25) is 0 Å². The van der Waals surface area contributed by atoms with Crippen LogP contribution in [-0.2, 0) is 0 Å². The zero-order valence-corrected chi connectivity index (χ0v) is 24.6. The first-order valence-corrected chi connectivity index (χ1v) is 14.7. The molecule has 0 aliphatic carbocycles. The maximum absolute atomic E-state index is 10.6. The van der Waals surface area contributed by atoms with Crippen LogP contribution in [0, 0.1) is 11.3 Å². The Morgan fingerprint density at radius 3 is 1.48 bits per heavy atom. The maximum atomic E-state index is 10.6. The highest BCUT2D eigenvalue weighted by Crippen LogP contribution is 2.49. The molecule has 0 atom stereocenters. The lowest BCUT2D eigenvalue weighted by Gasteiger charge is -2.17. The van der Waals surface area contributed by atoms with E-state index in [-0.39, 0.29) is 0 Å². The van der Waals surface area contributed by atoms with Crippen molar-refractivity contribution in [3.63, 3.8) is 0 Å². The summed E-state index contributed by atoms with van der Waals surface area (Å²) < 4.78 is 2.36. The summed E-state index contributed by atoms with van der Waals surface area (Å²) >= 11 is 0. The SMILES string of the molecule is CN(C)c1ccc(-n2c(-c3ccccc3)c3c(-c4ccccc4)nc(C#N)c(-c4ccccc4)c3c2-c2ccccc2)cc1. The molecule has 0 aliphatic heterocycles. The molecule has 0 saturated carbocycles. The average Bonchev–Trinajstić information content (AvgIpc) is 3.45. The average molecular weight is 567 g/mol. The topological polar surface area (TPSA) is 44.9 Å². The Morgan fingerprint density at radius 1 is 0.545 bits per heavy atom. The highest BCUT2D eigenvalue weighted by Gasteiger charge is 2.29. The summed E-state index contributed by atoms with van der Waals surface area (Å²) in [6.45, 7) is 0. The Hall–Kier alpha value is -5.92. The molecule has 2 aromatic heterocycles. The van der Waals surface area contributed by atoms with Crippen LogP contribution < -0.4 is 4.90 Å². The van der Waals surface area contributed by atoms with Gasteiger partial charge in [-0.05, 0) is 41.0 Å². The van der Waals surface area contributed by atoms with Crippen LogP contribution in [0.3, 0.4) is 0 Å². The van der Waals surface area contributed by atoms with Gasteiger partial charge in [0.2, 0.25) is 0 Å². The van der Waals surface area contributed by atoms with Crippen LogP contribution in [0.25, 0.3) is 61.4 Å². The molecule has 44 heavy (non-hydrogen) atoms. The van der Waals surface area contributed by atoms with E-state index in [1.54, 1.807) is 0 Å². The monoisotopic (exact) mass is 566 g/mol. The minimum absolute atomic E-state index is 0.402. The Balaban J connectivity index is 1.77. The summed E-state index contributed by atoms with van der Waals surface area (Å²) in [5, 5.41) is 12.7. The number of anilines is 1. The minimum Gasteiger partial charge on any atom is -0.378 e. The lowest BCUT2D eigenvalue weighted by molar-refractivity contribution is 1.09. The smallest absolute Gasteiger partial charge is 0.149 e. The number of fused-ring (bicyclic) bond motifs is 1. The third kappa shape index (κ3) is 4.62. The van der Waals surface area contributed by atoms with Gasteiger partial charge in [0.1, 0.15) is 11.8 Å². The van der Waals surface area contributed by atoms with Gasteiger partial charge in [-0.1, -0.05) is 121 Å². The van der Waals surface area contributed by atoms with Crippen molar-refractivity contribution in [3.8, 4) is 56.7 Å². The molecule has 7 rings (SSSR count). The number of hydrogen-bond acceptors (Lipinski definition) is 3. The van der Waals surface area contributed by atoms with Crippen LogP contribution in [0.15, 0.2) is 146 Å². The lowest BCUT2D eigenvalue weighted by atomic mass is 9.92. The van der Waals surface area contributed by atoms with Crippen molar-refractivity contribution in [1.82, 2.24) is 9.55 Å². The van der Waals surface area contributed by atoms with Gasteiger partial charge in [-0.25, -0.2) is 4.98 Å². The zero-order chi connectivity index (χ0) is 30.0. The van der Waals surface area contributed by atoms with E-state index in [4.69, 9.17) is 4.98 Å². The third-order valence-electron chi connectivity index (χ3n) is 8.05. The van der Waals surface area contributed by atoms with Crippen molar-refractivity contribution in [2.24, 2.45) is 0 Å². The molecule has 7 aromatic rings. The van der Waals surface area contributed by atoms with Crippen molar-refractivity contribution in [2.45, 2.75) is 0 Å². The van der Waals surface area contributed by atoms with Gasteiger partial charge >= 0.3 is 0 Å². The fourth-order valence-electron chi connectivity index (χ4n) is 6.06. The first-order chi connectivity index (χ1) is 21.7. The Kier molecular flexibility index (Phi) is 6.98. The molecule has 5 aromatic carbocycles. The molecule has 0 unspecified atom stereocenters. The van der Waals surface area contributed by atoms with E-state index in [1.165, 1.54) is 0 Å². The summed E-state index contributed by atoms with van der Waals surface area (Å²) in [6, 6.07) is 52.5. The van der Waals surface area contributed by atoms with Gasteiger partial charge in [0, 0.05) is 47.4 Å². The number of benzene rings is 5. The summed E-state index contributed by atoms with van der Waals surface area (Å²) in [7, 11) is 4.11. The normalized spacial score (nSPS) is 10.9. The number of nitrogens with zero attached hydrogens (tertiary/aromatic N) is 4. The van der Waals surface area contributed by atoms with Crippen LogP contribution in [0.5, 0.6) is 0 Å². The number of hydrogen-bond donors (Lipinski definition) is 0. The predicted molar refractivity (Wildman–Crippen MR) is 182 cm³/mol. The fourth-order valence-corrected chi connectivity index (χ4v) is 6.06. The molecule has 0 N–H and O–H groups in total. The summed E-state index contributed by atoms with van der Waals surface area (Å²) in [4.78, 5) is 7.26. The van der Waals surface area contributed by atoms with Crippen LogP contribution in [0.1, 0.15) is 5.69 Å². The molecule has 4 nitrogen and oxygen atoms in total. The molecule has 0 aliphatic rings. The highest BCUT2D eigenvalue weighted by molar-refractivity contribution is 6.18. The van der Waals surface area contributed by atoms with E-state index < -0.39 is 0 Å². The van der Waals surface area contributed by atoms with E-state index in [2.05, 4.69) is 127 Å². The van der Waals surface area contributed by atoms with Crippen molar-refractivity contribution >= 4 is 16.5 Å². The second-order valence-electron chi connectivity index (χ2n) is 11.0. The van der Waals surface area contributed by atoms with Gasteiger partial charge in [0.25, 0.3) is 0 Å². The van der Waals surface area contributed by atoms with Crippen LogP contribution in [0.2, 0.25) is 0 Å². The van der Waals surface area contributed by atoms with Crippen LogP contribution in [0.4, 0.5) is 5.69 Å². The predicted octanol–water partition coefficient (Wildman–Crippen LogP) is 9.63. The fraction of sp³-hybridized carbons (Fsp3) is 0.0500. The molecule has 210 valence electrons. The number of rotatable bonds is 6. The first-order valence-electron chi connectivity index (χ1n) is 14.7. The molecule has 2 heterocycles. The van der Waals surface area contributed by atoms with Gasteiger partial charge in [-0.15, -0.1) is 0 Å². The van der Waals surface area contributed by atoms with Gasteiger partial charge in [0.15, 0.2) is 0 Å². The van der Waals surface area contributed by atoms with E-state index in [1.807, 2.05) is 48.5 Å². The molecular weight excluding hydrogens is 536 g/mol. The number of pyridine rings is 1. The van der Waals surface area contributed by atoms with E-state index in [9.17, 15) is 5.26 Å². The van der Waals surface area contributed by atoms with Gasteiger partial charge in [0.05, 0.1) is 17.1 Å². The molecule has 0 fully saturated rings. The second-order valence-corrected chi connectivity index (χ2v) is 11.0. The summed E-state index contributed by atoms with van der Waals surface area (Å²) in [5.41, 5.74) is 10.3. The van der Waals surface area contributed by atoms with Gasteiger partial charge in [-0.2, -0.15) is 5.26 Å². The highest BCUT2D eigenvalue weighted by atomic mass is 15.1. The lowest BCUT2D eigenvalue weighted by Crippen LogP contribution is -2.08. The third-order valence-corrected chi connectivity index (χ3v) is 8.05. The van der Waals surface area contributed by atoms with Crippen molar-refractivity contribution in [3.05, 3.63) is 151 Å². The Morgan fingerprint density at radius 2 is 1.00 bits per heavy atom. The van der Waals surface area contributed by atoms with Gasteiger partial charge < -0.3 is 9.47 Å². The summed E-state index contributed by atoms with van der Waals surface area (Å²) in [6.07, 6.45) is 0. The quantitative estimate of drug-likeness (QED) is 0.201. The molecule has 0 bridgehead atoms. The largest absolute Gasteiger partial charge is 0.378 e. The van der Waals surface area contributed by atoms with Crippen LogP contribution in [-0.4, -0.2) is 23.6 Å². The standard InChI is InChI=1S/C40H30N4/c1-43(2)32-23-25-33(26-24-32)44-39(30-19-11-5-12-20-30)36-35(28-15-7-3-8-16-28)34(27-41)42-38(29-17-9-4-10-18-29)37(36)40(44)31-21-13-6-14-22-31/h3-26H,1-2H3. The van der Waals surface area contributed by atoms with Crippen molar-refractivity contribution < 1.29 is 0 Å². The molecule has 0 amide bonds. The summed E-state index contributed by atoms with van der Waals surface area (Å²) in [5.74, 6) is 0. The first kappa shape index (κ1) is 26.9. The van der Waals surface area contributed by atoms with E-state index in [0.717, 1.165) is 67.0 Å². The van der Waals surface area contributed by atoms with Crippen LogP contribution >= 0.6 is 0 Å². The maximum Gasteiger partial charge on any atom is 0.149 e. The Bertz CT molecular complexity index is 2110. The van der Waals surface area contributed by atoms with Crippen molar-refractivity contribution in [1.29, 1.82) is 5.26 Å². The van der Waals surface area contributed by atoms with E-state index in [0.29, 0.717) is 5.69 Å².